The molecule has 74 valence electrons. The van der Waals surface area contributed by atoms with Gasteiger partial charge in [-0.05, 0) is 23.8 Å². The van der Waals surface area contributed by atoms with Crippen molar-refractivity contribution >= 4 is 17.7 Å². The largest absolute Gasteiger partial charge is 0.447 e. The Morgan fingerprint density at radius 2 is 2.29 bits per heavy atom. The highest BCUT2D eigenvalue weighted by molar-refractivity contribution is 6.30. The lowest BCUT2D eigenvalue weighted by Gasteiger charge is -2.07. The Bertz CT molecular complexity index is 363. The number of carbonyl (C=O) groups is 1. The molecule has 0 saturated carbocycles. The summed E-state index contributed by atoms with van der Waals surface area (Å²) in [6.45, 7) is 0.207. The first-order valence-corrected chi connectivity index (χ1v) is 4.42. The fourth-order valence-electron chi connectivity index (χ4n) is 1.34. The molecule has 5 heteroatoms. The molecule has 1 aromatic rings. The van der Waals surface area contributed by atoms with Crippen molar-refractivity contribution in [3.63, 3.8) is 0 Å². The van der Waals surface area contributed by atoms with Crippen LogP contribution in [0.2, 0.25) is 5.02 Å². The van der Waals surface area contributed by atoms with E-state index in [1.807, 2.05) is 0 Å². The fraction of sp³-hybridized carbons (Fsp3) is 0.222. The predicted octanol–water partition coefficient (Wildman–Crippen LogP) is 2.26. The SMILES string of the molecule is O=C1N[C@@H](c2cc(F)cc(Cl)c2)CO1. The van der Waals surface area contributed by atoms with Crippen molar-refractivity contribution in [3.8, 4) is 0 Å². The first-order valence-electron chi connectivity index (χ1n) is 4.04. The van der Waals surface area contributed by atoms with E-state index in [0.717, 1.165) is 0 Å². The van der Waals surface area contributed by atoms with Crippen molar-refractivity contribution < 1.29 is 13.9 Å². The lowest BCUT2D eigenvalue weighted by Crippen LogP contribution is -2.18. The van der Waals surface area contributed by atoms with E-state index in [2.05, 4.69) is 10.1 Å². The van der Waals surface area contributed by atoms with Gasteiger partial charge in [-0.2, -0.15) is 0 Å². The molecule has 1 amide bonds. The highest BCUT2D eigenvalue weighted by Crippen LogP contribution is 2.22. The molecule has 1 aliphatic rings. The maximum Gasteiger partial charge on any atom is 0.407 e. The van der Waals surface area contributed by atoms with Crippen LogP contribution in [-0.2, 0) is 4.74 Å². The summed E-state index contributed by atoms with van der Waals surface area (Å²) in [5.74, 6) is -0.423. The van der Waals surface area contributed by atoms with E-state index in [9.17, 15) is 9.18 Å². The molecule has 14 heavy (non-hydrogen) atoms. The van der Waals surface area contributed by atoms with Crippen LogP contribution in [0.15, 0.2) is 18.2 Å². The van der Waals surface area contributed by atoms with Crippen molar-refractivity contribution in [3.05, 3.63) is 34.6 Å². The van der Waals surface area contributed by atoms with Gasteiger partial charge < -0.3 is 10.1 Å². The third kappa shape index (κ3) is 1.80. The molecule has 0 unspecified atom stereocenters. The molecule has 1 saturated heterocycles. The summed E-state index contributed by atoms with van der Waals surface area (Å²) in [6, 6.07) is 3.83. The number of cyclic esters (lactones) is 1. The summed E-state index contributed by atoms with van der Waals surface area (Å²) in [5, 5.41) is 2.84. The van der Waals surface area contributed by atoms with Gasteiger partial charge in [0.05, 0.1) is 6.04 Å². The minimum atomic E-state index is -0.490. The number of halogens is 2. The zero-order valence-electron chi connectivity index (χ0n) is 7.09. The molecule has 1 heterocycles. The van der Waals surface area contributed by atoms with Crippen LogP contribution in [0.4, 0.5) is 9.18 Å². The summed E-state index contributed by atoms with van der Waals surface area (Å²) < 4.78 is 17.6. The minimum absolute atomic E-state index is 0.207. The third-order valence-corrected chi connectivity index (χ3v) is 2.18. The molecule has 1 atom stereocenters. The molecule has 1 N–H and O–H groups in total. The Labute approximate surface area is 84.8 Å². The van der Waals surface area contributed by atoms with Gasteiger partial charge in [-0.25, -0.2) is 9.18 Å². The van der Waals surface area contributed by atoms with Gasteiger partial charge in [-0.15, -0.1) is 0 Å². The number of amides is 1. The summed E-state index contributed by atoms with van der Waals surface area (Å²) >= 11 is 5.67. The maximum atomic E-state index is 12.9. The molecule has 0 radical (unpaired) electrons. The van der Waals surface area contributed by atoms with E-state index in [0.29, 0.717) is 10.6 Å². The third-order valence-electron chi connectivity index (χ3n) is 1.96. The quantitative estimate of drug-likeness (QED) is 0.781. The van der Waals surface area contributed by atoms with Crippen molar-refractivity contribution in [2.45, 2.75) is 6.04 Å². The highest BCUT2D eigenvalue weighted by Gasteiger charge is 2.24. The van der Waals surface area contributed by atoms with Gasteiger partial charge in [0.2, 0.25) is 0 Å². The lowest BCUT2D eigenvalue weighted by atomic mass is 10.1. The van der Waals surface area contributed by atoms with E-state index in [1.54, 1.807) is 6.07 Å². The molecule has 1 fully saturated rings. The van der Waals surface area contributed by atoms with Gasteiger partial charge in [-0.1, -0.05) is 11.6 Å². The second-order valence-electron chi connectivity index (χ2n) is 3.00. The number of hydrogen-bond acceptors (Lipinski definition) is 2. The number of hydrogen-bond donors (Lipinski definition) is 1. The maximum absolute atomic E-state index is 12.9. The highest BCUT2D eigenvalue weighted by atomic mass is 35.5. The van der Waals surface area contributed by atoms with Crippen LogP contribution in [0, 0.1) is 5.82 Å². The predicted molar refractivity (Wildman–Crippen MR) is 48.6 cm³/mol. The second kappa shape index (κ2) is 3.46. The lowest BCUT2D eigenvalue weighted by molar-refractivity contribution is 0.177. The van der Waals surface area contributed by atoms with E-state index in [4.69, 9.17) is 11.6 Å². The van der Waals surface area contributed by atoms with Crippen LogP contribution in [0.1, 0.15) is 11.6 Å². The number of ether oxygens (including phenoxy) is 1. The summed E-state index contributed by atoms with van der Waals surface area (Å²) in [7, 11) is 0. The zero-order chi connectivity index (χ0) is 10.1. The van der Waals surface area contributed by atoms with Crippen LogP contribution in [0.5, 0.6) is 0 Å². The summed E-state index contributed by atoms with van der Waals surface area (Å²) in [6.07, 6.45) is -0.490. The summed E-state index contributed by atoms with van der Waals surface area (Å²) in [5.41, 5.74) is 0.612. The van der Waals surface area contributed by atoms with Gasteiger partial charge in [0, 0.05) is 5.02 Å². The van der Waals surface area contributed by atoms with Gasteiger partial charge in [0.15, 0.2) is 0 Å². The number of carbonyl (C=O) groups excluding carboxylic acids is 1. The Morgan fingerprint density at radius 1 is 1.50 bits per heavy atom. The Morgan fingerprint density at radius 3 is 2.86 bits per heavy atom. The van der Waals surface area contributed by atoms with Crippen LogP contribution in [0.3, 0.4) is 0 Å². The van der Waals surface area contributed by atoms with Gasteiger partial charge >= 0.3 is 6.09 Å². The first kappa shape index (κ1) is 9.27. The number of nitrogens with one attached hydrogen (secondary N) is 1. The van der Waals surface area contributed by atoms with Gasteiger partial charge in [-0.3, -0.25) is 0 Å². The molecule has 1 aromatic carbocycles. The van der Waals surface area contributed by atoms with Crippen LogP contribution < -0.4 is 5.32 Å². The standard InChI is InChI=1S/C9H7ClFNO2/c10-6-1-5(2-7(11)3-6)8-4-14-9(13)12-8/h1-3,8H,4H2,(H,12,13)/t8-/m1/s1. The number of rotatable bonds is 1. The van der Waals surface area contributed by atoms with Crippen molar-refractivity contribution in [2.75, 3.05) is 6.61 Å². The molecule has 3 nitrogen and oxygen atoms in total. The van der Waals surface area contributed by atoms with E-state index in [1.165, 1.54) is 12.1 Å². The normalized spacial score (nSPS) is 20.4. The molecule has 0 spiro atoms. The Balaban J connectivity index is 2.27. The molecule has 1 aliphatic heterocycles. The average molecular weight is 216 g/mol. The zero-order valence-corrected chi connectivity index (χ0v) is 7.84. The molecule has 2 rings (SSSR count). The molecule has 0 aromatic heterocycles. The average Bonchev–Trinajstić information content (AvgIpc) is 2.50. The Kier molecular flexibility index (Phi) is 2.29. The molecule has 0 aliphatic carbocycles. The van der Waals surface area contributed by atoms with Crippen molar-refractivity contribution in [2.24, 2.45) is 0 Å². The monoisotopic (exact) mass is 215 g/mol. The first-order chi connectivity index (χ1) is 6.65. The topological polar surface area (TPSA) is 38.3 Å². The Hall–Kier alpha value is -1.29. The van der Waals surface area contributed by atoms with E-state index in [-0.39, 0.29) is 12.6 Å². The number of benzene rings is 1. The van der Waals surface area contributed by atoms with E-state index >= 15 is 0 Å². The van der Waals surface area contributed by atoms with Gasteiger partial charge in [0.25, 0.3) is 0 Å². The number of alkyl carbamates (subject to hydrolysis) is 1. The second-order valence-corrected chi connectivity index (χ2v) is 3.43. The van der Waals surface area contributed by atoms with Crippen LogP contribution in [-0.4, -0.2) is 12.7 Å². The van der Waals surface area contributed by atoms with Crippen LogP contribution >= 0.6 is 11.6 Å². The van der Waals surface area contributed by atoms with E-state index < -0.39 is 11.9 Å². The fourth-order valence-corrected chi connectivity index (χ4v) is 1.57. The molecular weight excluding hydrogens is 209 g/mol. The van der Waals surface area contributed by atoms with Crippen molar-refractivity contribution in [1.82, 2.24) is 5.32 Å². The molecular formula is C9H7ClFNO2. The van der Waals surface area contributed by atoms with Crippen LogP contribution in [0.25, 0.3) is 0 Å². The summed E-state index contributed by atoms with van der Waals surface area (Å²) in [4.78, 5) is 10.7. The smallest absolute Gasteiger partial charge is 0.407 e. The molecule has 0 bridgehead atoms. The minimum Gasteiger partial charge on any atom is -0.447 e. The van der Waals surface area contributed by atoms with Crippen molar-refractivity contribution in [1.29, 1.82) is 0 Å². The van der Waals surface area contributed by atoms with Gasteiger partial charge in [0.1, 0.15) is 12.4 Å².